The van der Waals surface area contributed by atoms with E-state index in [0.29, 0.717) is 16.6 Å². The summed E-state index contributed by atoms with van der Waals surface area (Å²) in [7, 11) is 0. The van der Waals surface area contributed by atoms with Crippen LogP contribution in [0.5, 0.6) is 11.5 Å². The first-order chi connectivity index (χ1) is 8.08. The largest absolute Gasteiger partial charge is 0.505 e. The Hall–Kier alpha value is -0.880. The number of benzene rings is 1. The molecular weight excluding hydrogens is 256 g/mol. The van der Waals surface area contributed by atoms with E-state index in [2.05, 4.69) is 17.6 Å². The molecule has 1 aromatic rings. The normalized spacial score (nSPS) is 25.8. The van der Waals surface area contributed by atoms with E-state index in [1.54, 1.807) is 11.8 Å². The third-order valence-corrected chi connectivity index (χ3v) is 5.19. The Morgan fingerprint density at radius 1 is 1.06 bits per heavy atom. The molecule has 0 amide bonds. The van der Waals surface area contributed by atoms with Crippen LogP contribution in [-0.4, -0.2) is 27.4 Å². The van der Waals surface area contributed by atoms with E-state index in [-0.39, 0.29) is 16.9 Å². The fourth-order valence-corrected chi connectivity index (χ4v) is 4.19. The van der Waals surface area contributed by atoms with E-state index in [9.17, 15) is 10.2 Å². The van der Waals surface area contributed by atoms with E-state index in [1.165, 1.54) is 11.8 Å². The molecule has 0 saturated heterocycles. The highest BCUT2D eigenvalue weighted by Crippen LogP contribution is 2.58. The van der Waals surface area contributed by atoms with Crippen LogP contribution in [0.2, 0.25) is 0 Å². The molecule has 2 heterocycles. The molecule has 17 heavy (non-hydrogen) atoms. The molecule has 6 heteroatoms. The second kappa shape index (κ2) is 3.81. The van der Waals surface area contributed by atoms with Gasteiger partial charge in [-0.05, 0) is 6.92 Å². The van der Waals surface area contributed by atoms with Crippen molar-refractivity contribution in [3.05, 3.63) is 0 Å². The minimum Gasteiger partial charge on any atom is -0.505 e. The van der Waals surface area contributed by atoms with Crippen molar-refractivity contribution < 1.29 is 10.2 Å². The van der Waals surface area contributed by atoms with Crippen molar-refractivity contribution in [2.45, 2.75) is 34.3 Å². The molecule has 1 aromatic carbocycles. The number of nitrogens with one attached hydrogen (secondary N) is 2. The van der Waals surface area contributed by atoms with Crippen LogP contribution in [0.4, 0.5) is 11.4 Å². The smallest absolute Gasteiger partial charge is 0.155 e. The topological polar surface area (TPSA) is 64.5 Å². The molecule has 3 rings (SSSR count). The first kappa shape index (κ1) is 11.2. The summed E-state index contributed by atoms with van der Waals surface area (Å²) in [6, 6.07) is 0. The van der Waals surface area contributed by atoms with Crippen LogP contribution < -0.4 is 10.6 Å². The molecule has 2 atom stereocenters. The quantitative estimate of drug-likeness (QED) is 0.429. The number of anilines is 2. The van der Waals surface area contributed by atoms with E-state index in [0.717, 1.165) is 16.3 Å². The zero-order valence-corrected chi connectivity index (χ0v) is 11.2. The van der Waals surface area contributed by atoms with Crippen molar-refractivity contribution in [1.82, 2.24) is 0 Å². The third kappa shape index (κ3) is 1.62. The highest BCUT2D eigenvalue weighted by atomic mass is 32.2. The maximum absolute atomic E-state index is 10.3. The van der Waals surface area contributed by atoms with Gasteiger partial charge in [-0.15, -0.1) is 11.8 Å². The van der Waals surface area contributed by atoms with Gasteiger partial charge in [0.25, 0.3) is 0 Å². The Kier molecular flexibility index (Phi) is 2.52. The Balaban J connectivity index is 2.20. The highest BCUT2D eigenvalue weighted by Gasteiger charge is 2.32. The number of thioether (sulfide) groups is 2. The summed E-state index contributed by atoms with van der Waals surface area (Å²) < 4.78 is 0. The minimum absolute atomic E-state index is 0.174. The van der Waals surface area contributed by atoms with Crippen molar-refractivity contribution in [2.75, 3.05) is 17.2 Å². The predicted molar refractivity (Wildman–Crippen MR) is 72.5 cm³/mol. The van der Waals surface area contributed by atoms with E-state index in [1.807, 2.05) is 6.92 Å². The van der Waals surface area contributed by atoms with Crippen LogP contribution >= 0.6 is 23.5 Å². The van der Waals surface area contributed by atoms with Crippen LogP contribution in [0.15, 0.2) is 9.79 Å². The molecule has 2 aliphatic heterocycles. The molecule has 2 aliphatic rings. The number of phenols is 2. The fourth-order valence-electron chi connectivity index (χ4n) is 2.10. The van der Waals surface area contributed by atoms with Gasteiger partial charge in [-0.3, -0.25) is 0 Å². The number of hydrogen-bond acceptors (Lipinski definition) is 6. The van der Waals surface area contributed by atoms with Crippen molar-refractivity contribution in [3.63, 3.8) is 0 Å². The van der Waals surface area contributed by atoms with Gasteiger partial charge in [0.05, 0.1) is 26.5 Å². The average molecular weight is 270 g/mol. The molecular formula is C11H14N2O2S2. The number of fused-ring (bicyclic) bond motifs is 2. The van der Waals surface area contributed by atoms with Gasteiger partial charge in [0.15, 0.2) is 11.5 Å². The first-order valence-electron chi connectivity index (χ1n) is 5.53. The Labute approximate surface area is 108 Å². The minimum atomic E-state index is 0.174. The van der Waals surface area contributed by atoms with Gasteiger partial charge in [0.1, 0.15) is 0 Å². The summed E-state index contributed by atoms with van der Waals surface area (Å²) >= 11 is 3.13. The van der Waals surface area contributed by atoms with Gasteiger partial charge < -0.3 is 20.8 Å². The summed E-state index contributed by atoms with van der Waals surface area (Å²) in [6.07, 6.45) is 0. The molecule has 0 aliphatic carbocycles. The molecule has 0 saturated carbocycles. The standard InChI is InChI=1S/C11H14N2O2S2/c1-4-3-12-6-8(14)11-7(13-5(2)17-11)9(15)10(6)16-4/h4-5,12-15H,3H2,1-2H3. The van der Waals surface area contributed by atoms with E-state index >= 15 is 0 Å². The van der Waals surface area contributed by atoms with Crippen molar-refractivity contribution in [3.8, 4) is 11.5 Å². The number of phenolic OH excluding ortho intramolecular Hbond substituents is 2. The van der Waals surface area contributed by atoms with Crippen molar-refractivity contribution in [2.24, 2.45) is 0 Å². The van der Waals surface area contributed by atoms with Crippen LogP contribution in [0, 0.1) is 0 Å². The highest BCUT2D eigenvalue weighted by molar-refractivity contribution is 8.01. The molecule has 0 aromatic heterocycles. The average Bonchev–Trinajstić information content (AvgIpc) is 2.68. The van der Waals surface area contributed by atoms with Gasteiger partial charge in [-0.1, -0.05) is 18.7 Å². The monoisotopic (exact) mass is 270 g/mol. The lowest BCUT2D eigenvalue weighted by Crippen LogP contribution is -2.18. The summed E-state index contributed by atoms with van der Waals surface area (Å²) in [5.74, 6) is 0.516. The van der Waals surface area contributed by atoms with Gasteiger partial charge in [0, 0.05) is 11.8 Å². The molecule has 0 radical (unpaired) electrons. The maximum Gasteiger partial charge on any atom is 0.155 e. The number of aromatic hydroxyl groups is 2. The van der Waals surface area contributed by atoms with Crippen LogP contribution in [-0.2, 0) is 0 Å². The number of rotatable bonds is 0. The number of hydrogen-bond donors (Lipinski definition) is 4. The molecule has 4 nitrogen and oxygen atoms in total. The third-order valence-electron chi connectivity index (χ3n) is 2.89. The Morgan fingerprint density at radius 3 is 2.47 bits per heavy atom. The van der Waals surface area contributed by atoms with Crippen LogP contribution in [0.1, 0.15) is 13.8 Å². The SMILES string of the molecule is CC1CNc2c(O)c3c(c(O)c2S1)NC(C)S3. The molecule has 4 N–H and O–H groups in total. The summed E-state index contributed by atoms with van der Waals surface area (Å²) in [5, 5.41) is 27.4. The fraction of sp³-hybridized carbons (Fsp3) is 0.455. The molecule has 0 spiro atoms. The van der Waals surface area contributed by atoms with E-state index < -0.39 is 0 Å². The Bertz CT molecular complexity index is 493. The molecule has 0 bridgehead atoms. The van der Waals surface area contributed by atoms with Crippen LogP contribution in [0.25, 0.3) is 0 Å². The van der Waals surface area contributed by atoms with Gasteiger partial charge in [-0.25, -0.2) is 0 Å². The predicted octanol–water partition coefficient (Wildman–Crippen LogP) is 2.87. The second-order valence-corrected chi connectivity index (χ2v) is 7.12. The van der Waals surface area contributed by atoms with Gasteiger partial charge in [0.2, 0.25) is 0 Å². The van der Waals surface area contributed by atoms with Crippen molar-refractivity contribution >= 4 is 34.9 Å². The van der Waals surface area contributed by atoms with Crippen LogP contribution in [0.3, 0.4) is 0 Å². The maximum atomic E-state index is 10.3. The summed E-state index contributed by atoms with van der Waals surface area (Å²) in [5.41, 5.74) is 1.34. The molecule has 92 valence electrons. The van der Waals surface area contributed by atoms with Gasteiger partial charge in [-0.2, -0.15) is 0 Å². The lowest BCUT2D eigenvalue weighted by molar-refractivity contribution is 0.443. The first-order valence-corrected chi connectivity index (χ1v) is 7.29. The molecule has 2 unspecified atom stereocenters. The summed E-state index contributed by atoms with van der Waals surface area (Å²) in [6.45, 7) is 4.90. The lowest BCUT2D eigenvalue weighted by atomic mass is 10.2. The van der Waals surface area contributed by atoms with E-state index in [4.69, 9.17) is 0 Å². The van der Waals surface area contributed by atoms with Gasteiger partial charge >= 0.3 is 0 Å². The molecule has 0 fully saturated rings. The Morgan fingerprint density at radius 2 is 1.71 bits per heavy atom. The summed E-state index contributed by atoms with van der Waals surface area (Å²) in [4.78, 5) is 1.50. The van der Waals surface area contributed by atoms with Crippen molar-refractivity contribution in [1.29, 1.82) is 0 Å². The lowest BCUT2D eigenvalue weighted by Gasteiger charge is -2.25. The zero-order valence-electron chi connectivity index (χ0n) is 9.57. The second-order valence-electron chi connectivity index (χ2n) is 4.32. The zero-order chi connectivity index (χ0) is 12.2.